The highest BCUT2D eigenvalue weighted by Gasteiger charge is 2.17. The van der Waals surface area contributed by atoms with E-state index in [-0.39, 0.29) is 0 Å². The molecule has 1 aromatic rings. The number of piperidine rings is 1. The van der Waals surface area contributed by atoms with E-state index in [0.717, 1.165) is 37.8 Å². The van der Waals surface area contributed by atoms with Crippen molar-refractivity contribution in [2.24, 2.45) is 11.7 Å². The number of hydrogen-bond donors (Lipinski definition) is 1. The van der Waals surface area contributed by atoms with E-state index in [1.54, 1.807) is 0 Å². The fourth-order valence-corrected chi connectivity index (χ4v) is 2.94. The number of nitrogens with zero attached hydrogens (tertiary/aromatic N) is 1. The van der Waals surface area contributed by atoms with E-state index < -0.39 is 0 Å². The average Bonchev–Trinajstić information content (AvgIpc) is 2.60. The van der Waals surface area contributed by atoms with Gasteiger partial charge in [0.1, 0.15) is 12.4 Å². The van der Waals surface area contributed by atoms with E-state index in [9.17, 15) is 0 Å². The minimum absolute atomic E-state index is 0.618. The number of nitrogens with two attached hydrogens (primary N) is 1. The van der Waals surface area contributed by atoms with E-state index in [4.69, 9.17) is 10.5 Å². The molecule has 0 unspecified atom stereocenters. The van der Waals surface area contributed by atoms with Crippen LogP contribution in [-0.4, -0.2) is 31.1 Å². The first-order valence-corrected chi connectivity index (χ1v) is 8.67. The highest BCUT2D eigenvalue weighted by molar-refractivity contribution is 5.28. The summed E-state index contributed by atoms with van der Waals surface area (Å²) in [5, 5.41) is 0. The normalized spacial score (nSPS) is 17.8. The number of rotatable bonds is 7. The fourth-order valence-electron chi connectivity index (χ4n) is 2.94. The van der Waals surface area contributed by atoms with Crippen molar-refractivity contribution < 1.29 is 4.74 Å². The number of ether oxygens (including phenoxy) is 1. The van der Waals surface area contributed by atoms with Gasteiger partial charge in [0.05, 0.1) is 0 Å². The quantitative estimate of drug-likeness (QED) is 0.779. The van der Waals surface area contributed by atoms with Crippen molar-refractivity contribution >= 4 is 0 Å². The SMILES string of the molecule is CC=CC(=CC)COc1ccc(CN2CCC(CN)CC2)cc1. The molecule has 0 aromatic heterocycles. The third-order valence-electron chi connectivity index (χ3n) is 4.53. The molecule has 1 fully saturated rings. The van der Waals surface area contributed by atoms with Crippen LogP contribution < -0.4 is 10.5 Å². The number of likely N-dealkylation sites (tertiary alicyclic amines) is 1. The van der Waals surface area contributed by atoms with Gasteiger partial charge in [-0.3, -0.25) is 4.90 Å². The summed E-state index contributed by atoms with van der Waals surface area (Å²) in [4.78, 5) is 2.52. The second-order valence-electron chi connectivity index (χ2n) is 6.25. The van der Waals surface area contributed by atoms with Crippen LogP contribution in [0.1, 0.15) is 32.3 Å². The Morgan fingerprint density at radius 2 is 1.91 bits per heavy atom. The maximum atomic E-state index is 5.84. The van der Waals surface area contributed by atoms with E-state index in [0.29, 0.717) is 6.61 Å². The predicted molar refractivity (Wildman–Crippen MR) is 97.6 cm³/mol. The topological polar surface area (TPSA) is 38.5 Å². The molecule has 2 N–H and O–H groups in total. The van der Waals surface area contributed by atoms with Crippen LogP contribution in [0.4, 0.5) is 0 Å². The molecule has 3 nitrogen and oxygen atoms in total. The highest BCUT2D eigenvalue weighted by Crippen LogP contribution is 2.19. The zero-order valence-corrected chi connectivity index (χ0v) is 14.5. The summed E-state index contributed by atoms with van der Waals surface area (Å²) in [6.07, 6.45) is 8.66. The van der Waals surface area contributed by atoms with E-state index in [1.807, 2.05) is 19.9 Å². The summed E-state index contributed by atoms with van der Waals surface area (Å²) in [5.74, 6) is 1.65. The average molecular weight is 314 g/mol. The molecule has 126 valence electrons. The molecule has 23 heavy (non-hydrogen) atoms. The largest absolute Gasteiger partial charge is 0.489 e. The minimum atomic E-state index is 0.618. The van der Waals surface area contributed by atoms with E-state index >= 15 is 0 Å². The van der Waals surface area contributed by atoms with Crippen LogP contribution in [-0.2, 0) is 6.54 Å². The zero-order chi connectivity index (χ0) is 16.5. The van der Waals surface area contributed by atoms with Crippen molar-refractivity contribution in [1.29, 1.82) is 0 Å². The van der Waals surface area contributed by atoms with Crippen LogP contribution in [0.25, 0.3) is 0 Å². The lowest BCUT2D eigenvalue weighted by molar-refractivity contribution is 0.180. The van der Waals surface area contributed by atoms with Crippen molar-refractivity contribution in [3.63, 3.8) is 0 Å². The number of benzene rings is 1. The van der Waals surface area contributed by atoms with Gasteiger partial charge in [-0.15, -0.1) is 0 Å². The third-order valence-corrected chi connectivity index (χ3v) is 4.53. The van der Waals surface area contributed by atoms with Gasteiger partial charge in [0.2, 0.25) is 0 Å². The maximum Gasteiger partial charge on any atom is 0.119 e. The van der Waals surface area contributed by atoms with Gasteiger partial charge in [0.25, 0.3) is 0 Å². The summed E-state index contributed by atoms with van der Waals surface area (Å²) in [7, 11) is 0. The Labute approximate surface area is 140 Å². The number of allylic oxidation sites excluding steroid dienone is 2. The van der Waals surface area contributed by atoms with Gasteiger partial charge >= 0.3 is 0 Å². The van der Waals surface area contributed by atoms with Crippen molar-refractivity contribution in [1.82, 2.24) is 4.90 Å². The Bertz CT molecular complexity index is 511. The minimum Gasteiger partial charge on any atom is -0.489 e. The molecule has 2 rings (SSSR count). The van der Waals surface area contributed by atoms with Gasteiger partial charge in [0, 0.05) is 6.54 Å². The first-order valence-electron chi connectivity index (χ1n) is 8.67. The molecule has 1 aromatic carbocycles. The van der Waals surface area contributed by atoms with Crippen LogP contribution in [0, 0.1) is 5.92 Å². The van der Waals surface area contributed by atoms with Crippen molar-refractivity contribution in [2.45, 2.75) is 33.2 Å². The molecule has 0 amide bonds. The Morgan fingerprint density at radius 1 is 1.22 bits per heavy atom. The molecular weight excluding hydrogens is 284 g/mol. The maximum absolute atomic E-state index is 5.84. The van der Waals surface area contributed by atoms with Gasteiger partial charge < -0.3 is 10.5 Å². The van der Waals surface area contributed by atoms with Gasteiger partial charge in [-0.2, -0.15) is 0 Å². The molecule has 0 atom stereocenters. The van der Waals surface area contributed by atoms with Crippen molar-refractivity contribution in [3.8, 4) is 5.75 Å². The molecule has 0 radical (unpaired) electrons. The molecule has 0 spiro atoms. The van der Waals surface area contributed by atoms with Crippen LogP contribution in [0.2, 0.25) is 0 Å². The molecule has 1 aliphatic rings. The molecule has 3 heteroatoms. The van der Waals surface area contributed by atoms with Crippen LogP contribution in [0.5, 0.6) is 5.75 Å². The van der Waals surface area contributed by atoms with Crippen molar-refractivity contribution in [2.75, 3.05) is 26.2 Å². The highest BCUT2D eigenvalue weighted by atomic mass is 16.5. The summed E-state index contributed by atoms with van der Waals surface area (Å²) >= 11 is 0. The van der Waals surface area contributed by atoms with Crippen molar-refractivity contribution in [3.05, 3.63) is 53.6 Å². The summed E-state index contributed by atoms with van der Waals surface area (Å²) in [6.45, 7) is 8.86. The van der Waals surface area contributed by atoms with Crippen LogP contribution >= 0.6 is 0 Å². The first-order chi connectivity index (χ1) is 11.2. The van der Waals surface area contributed by atoms with Gasteiger partial charge in [-0.1, -0.05) is 30.4 Å². The van der Waals surface area contributed by atoms with Gasteiger partial charge in [-0.25, -0.2) is 0 Å². The smallest absolute Gasteiger partial charge is 0.119 e. The summed E-state index contributed by atoms with van der Waals surface area (Å²) in [5.41, 5.74) is 8.30. The molecule has 0 saturated carbocycles. The lowest BCUT2D eigenvalue weighted by Crippen LogP contribution is -2.35. The van der Waals surface area contributed by atoms with Gasteiger partial charge in [0.15, 0.2) is 0 Å². The predicted octanol–water partition coefficient (Wildman–Crippen LogP) is 3.76. The van der Waals surface area contributed by atoms with E-state index in [1.165, 1.54) is 24.0 Å². The molecule has 1 aliphatic heterocycles. The molecular formula is C20H30N2O. The molecule has 1 saturated heterocycles. The molecule has 1 heterocycles. The Balaban J connectivity index is 1.80. The lowest BCUT2D eigenvalue weighted by Gasteiger charge is -2.31. The third kappa shape index (κ3) is 5.85. The first kappa shape index (κ1) is 17.8. The second-order valence-corrected chi connectivity index (χ2v) is 6.25. The monoisotopic (exact) mass is 314 g/mol. The standard InChI is InChI=1S/C20H30N2O/c1-3-5-17(4-2)16-23-20-8-6-19(7-9-20)15-22-12-10-18(14-21)11-13-22/h3-9,18H,10-16,21H2,1-2H3. The van der Waals surface area contributed by atoms with Crippen LogP contribution in [0.15, 0.2) is 48.1 Å². The lowest BCUT2D eigenvalue weighted by atomic mass is 9.97. The fraction of sp³-hybridized carbons (Fsp3) is 0.500. The Morgan fingerprint density at radius 3 is 2.48 bits per heavy atom. The van der Waals surface area contributed by atoms with Crippen LogP contribution in [0.3, 0.4) is 0 Å². The Hall–Kier alpha value is -1.58. The molecule has 0 aliphatic carbocycles. The van der Waals surface area contributed by atoms with E-state index in [2.05, 4.69) is 41.3 Å². The summed E-state index contributed by atoms with van der Waals surface area (Å²) < 4.78 is 5.84. The van der Waals surface area contributed by atoms with Gasteiger partial charge in [-0.05, 0) is 75.5 Å². The zero-order valence-electron chi connectivity index (χ0n) is 14.5. The second kappa shape index (κ2) is 9.53. The summed E-state index contributed by atoms with van der Waals surface area (Å²) in [6, 6.07) is 8.50. The molecule has 0 bridgehead atoms. The number of hydrogen-bond acceptors (Lipinski definition) is 3. The Kier molecular flexibility index (Phi) is 7.37.